The molecule has 2 amide bonds. The van der Waals surface area contributed by atoms with Gasteiger partial charge in [0.2, 0.25) is 11.8 Å². The number of nitrogens with zero attached hydrogens (tertiary/aromatic N) is 3. The molecular formula is C20H23F3N4O4. The highest BCUT2D eigenvalue weighted by molar-refractivity contribution is 5.84. The van der Waals surface area contributed by atoms with Gasteiger partial charge in [-0.2, -0.15) is 13.2 Å². The predicted octanol–water partition coefficient (Wildman–Crippen LogP) is 2.36. The highest BCUT2D eigenvalue weighted by atomic mass is 19.4. The van der Waals surface area contributed by atoms with Crippen LogP contribution in [-0.4, -0.2) is 62.6 Å². The highest BCUT2D eigenvalue weighted by Gasteiger charge is 2.39. The topological polar surface area (TPSA) is 105 Å². The van der Waals surface area contributed by atoms with Crippen LogP contribution in [0.15, 0.2) is 30.6 Å². The quantitative estimate of drug-likeness (QED) is 0.743. The van der Waals surface area contributed by atoms with E-state index in [9.17, 15) is 22.8 Å². The molecule has 1 aromatic carbocycles. The largest absolute Gasteiger partial charge is 0.490 e. The molecule has 0 radical (unpaired) electrons. The SMILES string of the molecule is CC(C(=O)NCC1CC(=O)N(C2CC2)C1)n1cnc2ccccc21.O=C(O)C(F)(F)F. The molecule has 2 fully saturated rings. The fourth-order valence-electron chi connectivity index (χ4n) is 3.49. The van der Waals surface area contributed by atoms with Crippen molar-refractivity contribution in [2.75, 3.05) is 13.1 Å². The number of carboxylic acid groups (broad SMARTS) is 1. The maximum Gasteiger partial charge on any atom is 0.490 e. The lowest BCUT2D eigenvalue weighted by Gasteiger charge is -2.18. The first-order valence-corrected chi connectivity index (χ1v) is 9.86. The first kappa shape index (κ1) is 22.6. The lowest BCUT2D eigenvalue weighted by Crippen LogP contribution is -2.35. The molecule has 0 spiro atoms. The molecule has 2 aliphatic rings. The van der Waals surface area contributed by atoms with Crippen molar-refractivity contribution in [1.29, 1.82) is 0 Å². The number of imidazole rings is 1. The Bertz CT molecular complexity index is 971. The monoisotopic (exact) mass is 440 g/mol. The van der Waals surface area contributed by atoms with Crippen LogP contribution in [0.4, 0.5) is 13.2 Å². The van der Waals surface area contributed by atoms with Crippen LogP contribution in [0.3, 0.4) is 0 Å². The minimum absolute atomic E-state index is 0.0320. The summed E-state index contributed by atoms with van der Waals surface area (Å²) in [5.74, 6) is -2.32. The number of fused-ring (bicyclic) bond motifs is 1. The normalized spacial score (nSPS) is 19.7. The van der Waals surface area contributed by atoms with Crippen LogP contribution < -0.4 is 5.32 Å². The maximum atomic E-state index is 12.5. The number of hydrogen-bond donors (Lipinski definition) is 2. The number of rotatable bonds is 5. The lowest BCUT2D eigenvalue weighted by atomic mass is 10.1. The number of carboxylic acids is 1. The molecule has 1 aliphatic heterocycles. The zero-order valence-corrected chi connectivity index (χ0v) is 16.8. The Morgan fingerprint density at radius 1 is 1.29 bits per heavy atom. The number of aromatic nitrogens is 2. The molecule has 2 heterocycles. The van der Waals surface area contributed by atoms with E-state index in [0.717, 1.165) is 30.4 Å². The van der Waals surface area contributed by atoms with Gasteiger partial charge in [0.1, 0.15) is 6.04 Å². The van der Waals surface area contributed by atoms with Crippen molar-refractivity contribution in [2.24, 2.45) is 5.92 Å². The van der Waals surface area contributed by atoms with Gasteiger partial charge >= 0.3 is 12.1 Å². The lowest BCUT2D eigenvalue weighted by molar-refractivity contribution is -0.192. The fraction of sp³-hybridized carbons (Fsp3) is 0.500. The van der Waals surface area contributed by atoms with Crippen LogP contribution in [0, 0.1) is 5.92 Å². The van der Waals surface area contributed by atoms with E-state index in [-0.39, 0.29) is 23.8 Å². The third kappa shape index (κ3) is 5.53. The molecule has 168 valence electrons. The zero-order valence-electron chi connectivity index (χ0n) is 16.8. The molecule has 0 bridgehead atoms. The Hall–Kier alpha value is -3.11. The Kier molecular flexibility index (Phi) is 6.51. The van der Waals surface area contributed by atoms with Crippen molar-refractivity contribution >= 4 is 28.8 Å². The number of benzene rings is 1. The summed E-state index contributed by atoms with van der Waals surface area (Å²) in [4.78, 5) is 39.7. The number of halogens is 3. The Labute approximate surface area is 176 Å². The third-order valence-corrected chi connectivity index (χ3v) is 5.31. The molecule has 2 aromatic rings. The molecule has 2 atom stereocenters. The highest BCUT2D eigenvalue weighted by Crippen LogP contribution is 2.32. The van der Waals surface area contributed by atoms with Crippen LogP contribution in [0.25, 0.3) is 11.0 Å². The number of likely N-dealkylation sites (tertiary alicyclic amines) is 1. The van der Waals surface area contributed by atoms with Gasteiger partial charge in [0.05, 0.1) is 17.4 Å². The van der Waals surface area contributed by atoms with Crippen LogP contribution in [0.2, 0.25) is 0 Å². The number of carbonyl (C=O) groups excluding carboxylic acids is 2. The molecular weight excluding hydrogens is 417 g/mol. The molecule has 8 nitrogen and oxygen atoms in total. The first-order chi connectivity index (χ1) is 14.6. The second kappa shape index (κ2) is 8.94. The average molecular weight is 440 g/mol. The van der Waals surface area contributed by atoms with Crippen molar-refractivity contribution in [3.8, 4) is 0 Å². The van der Waals surface area contributed by atoms with Crippen molar-refractivity contribution in [3.63, 3.8) is 0 Å². The molecule has 2 N–H and O–H groups in total. The van der Waals surface area contributed by atoms with E-state index in [1.807, 2.05) is 40.7 Å². The first-order valence-electron chi connectivity index (χ1n) is 9.86. The molecule has 1 saturated carbocycles. The van der Waals surface area contributed by atoms with Crippen molar-refractivity contribution < 1.29 is 32.7 Å². The Balaban J connectivity index is 0.000000339. The summed E-state index contributed by atoms with van der Waals surface area (Å²) in [6, 6.07) is 7.93. The Morgan fingerprint density at radius 2 is 1.94 bits per heavy atom. The smallest absolute Gasteiger partial charge is 0.475 e. The zero-order chi connectivity index (χ0) is 22.8. The van der Waals surface area contributed by atoms with Gasteiger partial charge in [-0.3, -0.25) is 9.59 Å². The second-order valence-electron chi connectivity index (χ2n) is 7.71. The third-order valence-electron chi connectivity index (χ3n) is 5.31. The van der Waals surface area contributed by atoms with Gasteiger partial charge in [-0.25, -0.2) is 9.78 Å². The molecule has 2 unspecified atom stereocenters. The number of nitrogens with one attached hydrogen (secondary N) is 1. The van der Waals surface area contributed by atoms with Crippen molar-refractivity contribution in [3.05, 3.63) is 30.6 Å². The summed E-state index contributed by atoms with van der Waals surface area (Å²) >= 11 is 0. The summed E-state index contributed by atoms with van der Waals surface area (Å²) in [7, 11) is 0. The minimum atomic E-state index is -5.08. The number of amides is 2. The molecule has 1 aromatic heterocycles. The van der Waals surface area contributed by atoms with E-state index in [1.54, 1.807) is 6.33 Å². The number of alkyl halides is 3. The molecule has 4 rings (SSSR count). The fourth-order valence-corrected chi connectivity index (χ4v) is 3.49. The van der Waals surface area contributed by atoms with Crippen LogP contribution in [-0.2, 0) is 14.4 Å². The van der Waals surface area contributed by atoms with E-state index >= 15 is 0 Å². The maximum absolute atomic E-state index is 12.5. The second-order valence-corrected chi connectivity index (χ2v) is 7.71. The average Bonchev–Trinajstić information content (AvgIpc) is 3.35. The van der Waals surface area contributed by atoms with E-state index in [2.05, 4.69) is 10.3 Å². The van der Waals surface area contributed by atoms with Gasteiger partial charge in [0, 0.05) is 31.5 Å². The molecule has 1 saturated heterocycles. The van der Waals surface area contributed by atoms with Gasteiger partial charge < -0.3 is 19.9 Å². The summed E-state index contributed by atoms with van der Waals surface area (Å²) in [5, 5.41) is 10.1. The molecule has 1 aliphatic carbocycles. The summed E-state index contributed by atoms with van der Waals surface area (Å²) in [6.07, 6.45) is -0.548. The van der Waals surface area contributed by atoms with E-state index < -0.39 is 12.1 Å². The van der Waals surface area contributed by atoms with Crippen LogP contribution in [0.1, 0.15) is 32.2 Å². The van der Waals surface area contributed by atoms with Crippen LogP contribution >= 0.6 is 0 Å². The van der Waals surface area contributed by atoms with Crippen molar-refractivity contribution in [1.82, 2.24) is 19.8 Å². The van der Waals surface area contributed by atoms with Gasteiger partial charge in [0.25, 0.3) is 0 Å². The summed E-state index contributed by atoms with van der Waals surface area (Å²) < 4.78 is 33.6. The van der Waals surface area contributed by atoms with Gasteiger partial charge in [-0.05, 0) is 31.9 Å². The van der Waals surface area contributed by atoms with Crippen LogP contribution in [0.5, 0.6) is 0 Å². The van der Waals surface area contributed by atoms with E-state index in [0.29, 0.717) is 19.0 Å². The molecule has 11 heteroatoms. The molecule has 31 heavy (non-hydrogen) atoms. The standard InChI is InChI=1S/C18H22N4O2.C2HF3O2/c1-12(22-11-20-15-4-2-3-5-16(15)22)18(24)19-9-13-8-17(23)21(10-13)14-6-7-14;3-2(4,5)1(6)7/h2-5,11-14H,6-10H2,1H3,(H,19,24);(H,6,7). The number of para-hydroxylation sites is 2. The minimum Gasteiger partial charge on any atom is -0.475 e. The predicted molar refractivity (Wildman–Crippen MR) is 104 cm³/mol. The van der Waals surface area contributed by atoms with Gasteiger partial charge in [0.15, 0.2) is 0 Å². The summed E-state index contributed by atoms with van der Waals surface area (Å²) in [6.45, 7) is 3.22. The van der Waals surface area contributed by atoms with Crippen molar-refractivity contribution in [2.45, 2.75) is 44.4 Å². The Morgan fingerprint density at radius 3 is 2.55 bits per heavy atom. The van der Waals surface area contributed by atoms with Gasteiger partial charge in [-0.1, -0.05) is 12.1 Å². The number of carbonyl (C=O) groups is 3. The summed E-state index contributed by atoms with van der Waals surface area (Å²) in [5.41, 5.74) is 1.84. The number of aliphatic carboxylic acids is 1. The van der Waals surface area contributed by atoms with Gasteiger partial charge in [-0.15, -0.1) is 0 Å². The van der Waals surface area contributed by atoms with E-state index in [1.165, 1.54) is 0 Å². The van der Waals surface area contributed by atoms with E-state index in [4.69, 9.17) is 9.90 Å². The number of hydrogen-bond acceptors (Lipinski definition) is 4.